The first-order valence-corrected chi connectivity index (χ1v) is 11.7. The van der Waals surface area contributed by atoms with Crippen LogP contribution >= 0.6 is 11.3 Å². The maximum absolute atomic E-state index is 11.5. The molecule has 0 radical (unpaired) electrons. The minimum Gasteiger partial charge on any atom is -0.358 e. The minimum atomic E-state index is 0.0845. The van der Waals surface area contributed by atoms with Crippen molar-refractivity contribution in [3.63, 3.8) is 0 Å². The van der Waals surface area contributed by atoms with Gasteiger partial charge in [-0.2, -0.15) is 0 Å². The van der Waals surface area contributed by atoms with Crippen LogP contribution in [0.4, 0.5) is 5.13 Å². The highest BCUT2D eigenvalue weighted by molar-refractivity contribution is 7.13. The van der Waals surface area contributed by atoms with Crippen molar-refractivity contribution in [3.8, 4) is 0 Å². The molecule has 0 spiro atoms. The van der Waals surface area contributed by atoms with E-state index in [1.54, 1.807) is 18.4 Å². The molecular formula is C20H35N7OS. The molecular weight excluding hydrogens is 386 g/mol. The Morgan fingerprint density at radius 2 is 2.03 bits per heavy atom. The van der Waals surface area contributed by atoms with Gasteiger partial charge in [-0.3, -0.25) is 14.7 Å². The molecule has 3 N–H and O–H groups in total. The summed E-state index contributed by atoms with van der Waals surface area (Å²) in [5, 5.41) is 12.9. The summed E-state index contributed by atoms with van der Waals surface area (Å²) in [6, 6.07) is 0.398. The average molecular weight is 422 g/mol. The van der Waals surface area contributed by atoms with Gasteiger partial charge in [0.2, 0.25) is 5.91 Å². The Kier molecular flexibility index (Phi) is 8.54. The molecule has 0 saturated carbocycles. The summed E-state index contributed by atoms with van der Waals surface area (Å²) in [5.74, 6) is 0.966. The Morgan fingerprint density at radius 1 is 1.28 bits per heavy atom. The molecule has 2 saturated heterocycles. The zero-order chi connectivity index (χ0) is 20.5. The molecule has 1 aromatic rings. The van der Waals surface area contributed by atoms with E-state index in [9.17, 15) is 4.79 Å². The van der Waals surface area contributed by atoms with Crippen molar-refractivity contribution in [2.75, 3.05) is 57.8 Å². The van der Waals surface area contributed by atoms with Crippen molar-refractivity contribution in [2.45, 2.75) is 45.1 Å². The molecule has 1 amide bonds. The summed E-state index contributed by atoms with van der Waals surface area (Å²) >= 11 is 1.75. The number of guanidine groups is 1. The van der Waals surface area contributed by atoms with Crippen LogP contribution in [0, 0.1) is 0 Å². The van der Waals surface area contributed by atoms with Gasteiger partial charge in [-0.05, 0) is 32.6 Å². The van der Waals surface area contributed by atoms with Crippen molar-refractivity contribution in [1.82, 2.24) is 25.8 Å². The third-order valence-corrected chi connectivity index (χ3v) is 6.42. The molecule has 9 heteroatoms. The van der Waals surface area contributed by atoms with Crippen molar-refractivity contribution in [2.24, 2.45) is 4.99 Å². The number of thiazole rings is 1. The van der Waals surface area contributed by atoms with Crippen LogP contribution < -0.4 is 20.9 Å². The predicted molar refractivity (Wildman–Crippen MR) is 120 cm³/mol. The Labute approximate surface area is 178 Å². The molecule has 0 aromatic carbocycles. The Hall–Kier alpha value is -1.87. The van der Waals surface area contributed by atoms with E-state index < -0.39 is 0 Å². The number of carbonyl (C=O) groups is 1. The molecule has 2 fully saturated rings. The molecule has 3 heterocycles. The van der Waals surface area contributed by atoms with Crippen LogP contribution in [0.2, 0.25) is 0 Å². The van der Waals surface area contributed by atoms with Crippen molar-refractivity contribution < 1.29 is 4.79 Å². The summed E-state index contributed by atoms with van der Waals surface area (Å²) in [6.45, 7) is 8.30. The third kappa shape index (κ3) is 6.85. The topological polar surface area (TPSA) is 84.9 Å². The molecule has 0 aliphatic carbocycles. The number of carbonyl (C=O) groups excluding carboxylic acids is 1. The highest BCUT2D eigenvalue weighted by Crippen LogP contribution is 2.24. The van der Waals surface area contributed by atoms with Crippen molar-refractivity contribution >= 4 is 28.3 Å². The van der Waals surface area contributed by atoms with Crippen LogP contribution in [-0.4, -0.2) is 80.7 Å². The Balaban J connectivity index is 1.43. The zero-order valence-corrected chi connectivity index (χ0v) is 18.6. The van der Waals surface area contributed by atoms with Gasteiger partial charge in [-0.25, -0.2) is 4.98 Å². The zero-order valence-electron chi connectivity index (χ0n) is 17.7. The lowest BCUT2D eigenvalue weighted by molar-refractivity contribution is -0.122. The molecule has 0 atom stereocenters. The maximum Gasteiger partial charge on any atom is 0.233 e. The lowest BCUT2D eigenvalue weighted by Gasteiger charge is -2.32. The quantitative estimate of drug-likeness (QED) is 0.430. The number of nitrogens with zero attached hydrogens (tertiary/aromatic N) is 4. The van der Waals surface area contributed by atoms with Gasteiger partial charge >= 0.3 is 0 Å². The summed E-state index contributed by atoms with van der Waals surface area (Å²) in [6.07, 6.45) is 5.47. The highest BCUT2D eigenvalue weighted by atomic mass is 32.1. The van der Waals surface area contributed by atoms with E-state index in [1.807, 2.05) is 0 Å². The van der Waals surface area contributed by atoms with Crippen LogP contribution in [0.1, 0.15) is 38.3 Å². The van der Waals surface area contributed by atoms with Gasteiger partial charge in [0.05, 0.1) is 12.2 Å². The van der Waals surface area contributed by atoms with E-state index in [0.717, 1.165) is 75.3 Å². The lowest BCUT2D eigenvalue weighted by atomic mass is 10.1. The first-order valence-electron chi connectivity index (χ1n) is 10.8. The fourth-order valence-corrected chi connectivity index (χ4v) is 4.69. The fourth-order valence-electron chi connectivity index (χ4n) is 3.78. The van der Waals surface area contributed by atoms with Gasteiger partial charge in [-0.1, -0.05) is 0 Å². The molecule has 3 rings (SSSR count). The number of likely N-dealkylation sites (N-methyl/N-ethyl adjacent to an activating group) is 1. The van der Waals surface area contributed by atoms with Gasteiger partial charge in [0, 0.05) is 64.2 Å². The molecule has 8 nitrogen and oxygen atoms in total. The number of hydrogen-bond donors (Lipinski definition) is 3. The average Bonchev–Trinajstić information content (AvgIpc) is 3.41. The van der Waals surface area contributed by atoms with Crippen LogP contribution in [0.25, 0.3) is 0 Å². The molecule has 29 heavy (non-hydrogen) atoms. The van der Waals surface area contributed by atoms with Gasteiger partial charge in [-0.15, -0.1) is 11.3 Å². The normalized spacial score (nSPS) is 18.8. The fraction of sp³-hybridized carbons (Fsp3) is 0.750. The van der Waals surface area contributed by atoms with Crippen molar-refractivity contribution in [1.29, 1.82) is 0 Å². The first-order chi connectivity index (χ1) is 14.2. The highest BCUT2D eigenvalue weighted by Gasteiger charge is 2.21. The van der Waals surface area contributed by atoms with Gasteiger partial charge < -0.3 is 20.9 Å². The van der Waals surface area contributed by atoms with Gasteiger partial charge in [0.25, 0.3) is 0 Å². The monoisotopic (exact) mass is 421 g/mol. The summed E-state index contributed by atoms with van der Waals surface area (Å²) in [5.41, 5.74) is 1.14. The van der Waals surface area contributed by atoms with Crippen LogP contribution in [-0.2, 0) is 11.2 Å². The third-order valence-electron chi connectivity index (χ3n) is 5.47. The van der Waals surface area contributed by atoms with Crippen LogP contribution in [0.5, 0.6) is 0 Å². The smallest absolute Gasteiger partial charge is 0.233 e. The SMILES string of the molecule is CCNC(=NCCc1csc(N2CCCC2)n1)NC1CCN(CC(=O)NC)CC1. The molecule has 0 unspecified atom stereocenters. The second kappa shape index (κ2) is 11.3. The van der Waals surface area contributed by atoms with E-state index in [2.05, 4.69) is 38.1 Å². The minimum absolute atomic E-state index is 0.0845. The number of anilines is 1. The number of amides is 1. The predicted octanol–water partition coefficient (Wildman–Crippen LogP) is 1.05. The number of piperidine rings is 1. The number of nitrogens with one attached hydrogen (secondary N) is 3. The molecule has 2 aliphatic rings. The second-order valence-corrected chi connectivity index (χ2v) is 8.53. The van der Waals surface area contributed by atoms with Crippen LogP contribution in [0.3, 0.4) is 0 Å². The largest absolute Gasteiger partial charge is 0.358 e. The summed E-state index contributed by atoms with van der Waals surface area (Å²) < 4.78 is 0. The number of likely N-dealkylation sites (tertiary alicyclic amines) is 1. The first kappa shape index (κ1) is 21.8. The number of aromatic nitrogens is 1. The molecule has 162 valence electrons. The summed E-state index contributed by atoms with van der Waals surface area (Å²) in [7, 11) is 1.69. The van der Waals surface area contributed by atoms with E-state index in [-0.39, 0.29) is 5.91 Å². The van der Waals surface area contributed by atoms with Crippen LogP contribution in [0.15, 0.2) is 10.4 Å². The number of aliphatic imine (C=N–C) groups is 1. The lowest BCUT2D eigenvalue weighted by Crippen LogP contribution is -2.50. The summed E-state index contributed by atoms with van der Waals surface area (Å²) in [4.78, 5) is 25.7. The van der Waals surface area contributed by atoms with Gasteiger partial charge in [0.1, 0.15) is 0 Å². The van der Waals surface area contributed by atoms with E-state index >= 15 is 0 Å². The Bertz CT molecular complexity index is 664. The number of hydrogen-bond acceptors (Lipinski definition) is 6. The van der Waals surface area contributed by atoms with E-state index in [1.165, 1.54) is 12.8 Å². The van der Waals surface area contributed by atoms with Gasteiger partial charge in [0.15, 0.2) is 11.1 Å². The van der Waals surface area contributed by atoms with E-state index in [4.69, 9.17) is 9.98 Å². The van der Waals surface area contributed by atoms with Crippen molar-refractivity contribution in [3.05, 3.63) is 11.1 Å². The maximum atomic E-state index is 11.5. The van der Waals surface area contributed by atoms with E-state index in [0.29, 0.717) is 12.6 Å². The Morgan fingerprint density at radius 3 is 2.72 bits per heavy atom. The molecule has 1 aromatic heterocycles. The second-order valence-electron chi connectivity index (χ2n) is 7.69. The standard InChI is InChI=1S/C20H35N7OS/c1-3-22-19(24-16-7-12-26(13-8-16)14-18(28)21-2)23-9-6-17-15-29-20(25-17)27-10-4-5-11-27/h15-16H,3-14H2,1-2H3,(H,21,28)(H2,22,23,24). The molecule has 2 aliphatic heterocycles. The molecule has 0 bridgehead atoms. The number of rotatable bonds is 8.